The molecule has 3 aromatic carbocycles. The number of hydrogen-bond acceptors (Lipinski definition) is 5. The summed E-state index contributed by atoms with van der Waals surface area (Å²) in [6.07, 6.45) is 0. The molecule has 0 aliphatic heterocycles. The van der Waals surface area contributed by atoms with E-state index >= 15 is 0 Å². The number of carbonyl (C=O) groups excluding carboxylic acids is 1. The standard InChI is InChI=1S/C25H23NO4Se/c1-26(2)13-14-30-20-10-5-16(6-11-20)24(29)23-21-12-9-19(28)15-22(21)31-25(23)17-3-7-18(27)8-4-17/h3-12,15,27-28H,13-14H2,1-2H3. The van der Waals surface area contributed by atoms with Crippen molar-refractivity contribution >= 4 is 29.9 Å². The third-order valence-electron chi connectivity index (χ3n) is 4.95. The Morgan fingerprint density at radius 3 is 2.29 bits per heavy atom. The third-order valence-corrected chi connectivity index (χ3v) is 7.48. The summed E-state index contributed by atoms with van der Waals surface area (Å²) >= 11 is -0.134. The summed E-state index contributed by atoms with van der Waals surface area (Å²) in [5, 5.41) is 20.4. The Morgan fingerprint density at radius 2 is 1.61 bits per heavy atom. The average molecular weight is 480 g/mol. The van der Waals surface area contributed by atoms with Gasteiger partial charge in [0.05, 0.1) is 0 Å². The quantitative estimate of drug-likeness (QED) is 0.307. The van der Waals surface area contributed by atoms with Crippen molar-refractivity contribution < 1.29 is 19.7 Å². The van der Waals surface area contributed by atoms with Gasteiger partial charge in [0, 0.05) is 0 Å². The van der Waals surface area contributed by atoms with Gasteiger partial charge >= 0.3 is 187 Å². The van der Waals surface area contributed by atoms with Crippen molar-refractivity contribution in [3.63, 3.8) is 0 Å². The van der Waals surface area contributed by atoms with Crippen molar-refractivity contribution in [1.29, 1.82) is 0 Å². The number of hydrogen-bond donors (Lipinski definition) is 2. The zero-order chi connectivity index (χ0) is 22.0. The molecular weight excluding hydrogens is 457 g/mol. The Labute approximate surface area is 186 Å². The van der Waals surface area contributed by atoms with Crippen molar-refractivity contribution in [3.8, 4) is 27.2 Å². The minimum absolute atomic E-state index is 0.0609. The second-order valence-corrected chi connectivity index (χ2v) is 9.75. The van der Waals surface area contributed by atoms with Crippen LogP contribution in [0.25, 0.3) is 19.6 Å². The molecular formula is C25H23NO4Se. The molecule has 4 aromatic rings. The number of ketones is 1. The second-order valence-electron chi connectivity index (χ2n) is 7.54. The number of fused-ring (bicyclic) bond motifs is 1. The summed E-state index contributed by atoms with van der Waals surface area (Å²) in [5.41, 5.74) is 2.14. The Balaban J connectivity index is 1.71. The molecule has 0 radical (unpaired) electrons. The number of benzene rings is 3. The summed E-state index contributed by atoms with van der Waals surface area (Å²) in [6.45, 7) is 1.39. The number of ether oxygens (including phenoxy) is 1. The van der Waals surface area contributed by atoms with E-state index in [1.54, 1.807) is 36.4 Å². The van der Waals surface area contributed by atoms with Crippen molar-refractivity contribution in [1.82, 2.24) is 4.90 Å². The van der Waals surface area contributed by atoms with E-state index in [4.69, 9.17) is 4.74 Å². The molecule has 0 aliphatic rings. The number of nitrogens with zero attached hydrogens (tertiary/aromatic N) is 1. The predicted molar refractivity (Wildman–Crippen MR) is 124 cm³/mol. The van der Waals surface area contributed by atoms with E-state index in [-0.39, 0.29) is 31.8 Å². The van der Waals surface area contributed by atoms with Gasteiger partial charge in [-0.1, -0.05) is 0 Å². The van der Waals surface area contributed by atoms with Gasteiger partial charge in [-0.3, -0.25) is 0 Å². The zero-order valence-corrected chi connectivity index (χ0v) is 19.0. The Morgan fingerprint density at radius 1 is 0.935 bits per heavy atom. The molecule has 0 amide bonds. The first kappa shape index (κ1) is 21.2. The summed E-state index contributed by atoms with van der Waals surface area (Å²) in [7, 11) is 3.98. The van der Waals surface area contributed by atoms with Crippen LogP contribution in [0.3, 0.4) is 0 Å². The SMILES string of the molecule is CN(C)CCOc1ccc(C(=O)c2c(-c3ccc(O)cc3)[se]c3cc(O)ccc23)cc1. The molecule has 2 N–H and O–H groups in total. The van der Waals surface area contributed by atoms with Gasteiger partial charge in [-0.05, 0) is 0 Å². The predicted octanol–water partition coefficient (Wildman–Crippen LogP) is 4.15. The number of aromatic hydroxyl groups is 2. The van der Waals surface area contributed by atoms with Crippen LogP contribution in [-0.2, 0) is 0 Å². The third kappa shape index (κ3) is 4.67. The first-order chi connectivity index (χ1) is 14.9. The van der Waals surface area contributed by atoms with Gasteiger partial charge in [-0.2, -0.15) is 0 Å². The van der Waals surface area contributed by atoms with Crippen LogP contribution in [0.4, 0.5) is 0 Å². The molecule has 0 spiro atoms. The molecule has 6 heteroatoms. The maximum absolute atomic E-state index is 13.6. The van der Waals surface area contributed by atoms with Crippen LogP contribution < -0.4 is 4.74 Å². The summed E-state index contributed by atoms with van der Waals surface area (Å²) < 4.78 is 7.66. The monoisotopic (exact) mass is 481 g/mol. The zero-order valence-electron chi connectivity index (χ0n) is 17.3. The van der Waals surface area contributed by atoms with Crippen LogP contribution in [0.2, 0.25) is 0 Å². The van der Waals surface area contributed by atoms with Gasteiger partial charge in [0.1, 0.15) is 0 Å². The number of rotatable bonds is 7. The molecule has 0 fully saturated rings. The normalized spacial score (nSPS) is 11.2. The van der Waals surface area contributed by atoms with Crippen LogP contribution in [0.1, 0.15) is 15.9 Å². The van der Waals surface area contributed by atoms with Crippen LogP contribution >= 0.6 is 0 Å². The Bertz CT molecular complexity index is 1210. The van der Waals surface area contributed by atoms with Gasteiger partial charge in [0.15, 0.2) is 0 Å². The summed E-state index contributed by atoms with van der Waals surface area (Å²) in [4.78, 5) is 15.6. The number of carbonyl (C=O) groups is 1. The van der Waals surface area contributed by atoms with E-state index < -0.39 is 0 Å². The molecule has 0 unspecified atom stereocenters. The number of phenolic OH excluding ortho intramolecular Hbond substituents is 2. The van der Waals surface area contributed by atoms with Gasteiger partial charge in [0.2, 0.25) is 0 Å². The molecule has 4 rings (SSSR count). The van der Waals surface area contributed by atoms with Gasteiger partial charge in [-0.15, -0.1) is 0 Å². The van der Waals surface area contributed by atoms with Crippen LogP contribution in [0.15, 0.2) is 66.7 Å². The summed E-state index contributed by atoms with van der Waals surface area (Å²) in [5.74, 6) is 1.04. The van der Waals surface area contributed by atoms with E-state index in [1.165, 1.54) is 0 Å². The van der Waals surface area contributed by atoms with Gasteiger partial charge in [-0.25, -0.2) is 0 Å². The van der Waals surface area contributed by atoms with Gasteiger partial charge < -0.3 is 0 Å². The molecule has 0 atom stereocenters. The molecule has 5 nitrogen and oxygen atoms in total. The average Bonchev–Trinajstić information content (AvgIpc) is 3.12. The van der Waals surface area contributed by atoms with E-state index in [1.807, 2.05) is 49.3 Å². The van der Waals surface area contributed by atoms with Crippen molar-refractivity contribution in [2.75, 3.05) is 27.2 Å². The van der Waals surface area contributed by atoms with Crippen LogP contribution in [0.5, 0.6) is 17.2 Å². The fraction of sp³-hybridized carbons (Fsp3) is 0.160. The molecule has 1 aromatic heterocycles. The van der Waals surface area contributed by atoms with Crippen molar-refractivity contribution in [2.45, 2.75) is 0 Å². The second kappa shape index (κ2) is 8.98. The van der Waals surface area contributed by atoms with Gasteiger partial charge in [0.25, 0.3) is 0 Å². The van der Waals surface area contributed by atoms with Crippen LogP contribution in [-0.4, -0.2) is 62.6 Å². The molecule has 0 saturated carbocycles. The fourth-order valence-electron chi connectivity index (χ4n) is 3.32. The fourth-order valence-corrected chi connectivity index (χ4v) is 5.92. The molecule has 1 heterocycles. The Hall–Kier alpha value is -3.05. The van der Waals surface area contributed by atoms with E-state index in [0.717, 1.165) is 31.9 Å². The summed E-state index contributed by atoms with van der Waals surface area (Å²) in [6, 6.07) is 19.3. The topological polar surface area (TPSA) is 70.0 Å². The molecule has 31 heavy (non-hydrogen) atoms. The van der Waals surface area contributed by atoms with E-state index in [9.17, 15) is 15.0 Å². The van der Waals surface area contributed by atoms with E-state index in [0.29, 0.717) is 17.7 Å². The van der Waals surface area contributed by atoms with Crippen LogP contribution in [0, 0.1) is 0 Å². The van der Waals surface area contributed by atoms with Crippen molar-refractivity contribution in [2.24, 2.45) is 0 Å². The minimum atomic E-state index is -0.134. The Kier molecular flexibility index (Phi) is 6.14. The molecule has 0 aliphatic carbocycles. The van der Waals surface area contributed by atoms with E-state index in [2.05, 4.69) is 0 Å². The van der Waals surface area contributed by atoms with Crippen molar-refractivity contribution in [3.05, 3.63) is 77.9 Å². The first-order valence-electron chi connectivity index (χ1n) is 9.89. The first-order valence-corrected chi connectivity index (χ1v) is 11.6. The molecule has 0 saturated heterocycles. The molecule has 0 bridgehead atoms. The maximum atomic E-state index is 13.6. The molecule has 158 valence electrons. The number of likely N-dealkylation sites (N-methyl/N-ethyl adjacent to an activating group) is 1. The number of phenols is 2.